The van der Waals surface area contributed by atoms with Crippen molar-refractivity contribution in [1.29, 1.82) is 0 Å². The second-order valence-electron chi connectivity index (χ2n) is 4.58. The highest BCUT2D eigenvalue weighted by Crippen LogP contribution is 2.26. The summed E-state index contributed by atoms with van der Waals surface area (Å²) in [5.41, 5.74) is 2.18. The molecule has 78 valence electrons. The summed E-state index contributed by atoms with van der Waals surface area (Å²) in [6, 6.07) is 0.432. The second kappa shape index (κ2) is 3.73. The lowest BCUT2D eigenvalue weighted by Crippen LogP contribution is -2.45. The van der Waals surface area contributed by atoms with Crippen LogP contribution in [0.15, 0.2) is 11.1 Å². The van der Waals surface area contributed by atoms with E-state index in [9.17, 15) is 4.79 Å². The predicted octanol–water partition coefficient (Wildman–Crippen LogP) is 0.821. The molecule has 14 heavy (non-hydrogen) atoms. The van der Waals surface area contributed by atoms with Crippen molar-refractivity contribution in [3.63, 3.8) is 0 Å². The molecule has 0 unspecified atom stereocenters. The van der Waals surface area contributed by atoms with Crippen LogP contribution in [0, 0.1) is 5.92 Å². The average molecular weight is 194 g/mol. The lowest BCUT2D eigenvalue weighted by atomic mass is 9.82. The van der Waals surface area contributed by atoms with Gasteiger partial charge in [-0.05, 0) is 31.3 Å². The van der Waals surface area contributed by atoms with Gasteiger partial charge in [0.1, 0.15) is 0 Å². The van der Waals surface area contributed by atoms with Gasteiger partial charge in [0.15, 0.2) is 0 Å². The highest BCUT2D eigenvalue weighted by molar-refractivity contribution is 5.94. The summed E-state index contributed by atoms with van der Waals surface area (Å²) in [5.74, 6) is 0.928. The van der Waals surface area contributed by atoms with Gasteiger partial charge in [0, 0.05) is 24.7 Å². The Hall–Kier alpha value is -0.830. The SMILES string of the molecule is CC(C(=O)NC1CC(C)C1)=C1CNC1. The zero-order valence-corrected chi connectivity index (χ0v) is 8.89. The molecule has 0 aromatic carbocycles. The van der Waals surface area contributed by atoms with Gasteiger partial charge in [-0.1, -0.05) is 6.92 Å². The summed E-state index contributed by atoms with van der Waals surface area (Å²) in [6.07, 6.45) is 2.29. The number of rotatable bonds is 2. The molecule has 1 aliphatic carbocycles. The van der Waals surface area contributed by atoms with Crippen LogP contribution in [0.1, 0.15) is 26.7 Å². The Morgan fingerprint density at radius 3 is 2.50 bits per heavy atom. The third kappa shape index (κ3) is 1.82. The molecule has 1 saturated carbocycles. The molecule has 2 fully saturated rings. The topological polar surface area (TPSA) is 41.1 Å². The van der Waals surface area contributed by atoms with Crippen molar-refractivity contribution in [3.05, 3.63) is 11.1 Å². The van der Waals surface area contributed by atoms with E-state index >= 15 is 0 Å². The van der Waals surface area contributed by atoms with E-state index in [1.807, 2.05) is 6.92 Å². The molecule has 2 aliphatic rings. The minimum Gasteiger partial charge on any atom is -0.350 e. The van der Waals surface area contributed by atoms with Crippen LogP contribution in [0.3, 0.4) is 0 Å². The molecule has 1 amide bonds. The standard InChI is InChI=1S/C11H18N2O/c1-7-3-10(4-7)13-11(14)8(2)9-5-12-6-9/h7,10,12H,3-6H2,1-2H3,(H,13,14). The van der Waals surface area contributed by atoms with Gasteiger partial charge in [0.2, 0.25) is 5.91 Å². The highest BCUT2D eigenvalue weighted by atomic mass is 16.1. The first-order chi connectivity index (χ1) is 6.66. The Bertz CT molecular complexity index is 271. The normalized spacial score (nSPS) is 30.3. The predicted molar refractivity (Wildman–Crippen MR) is 55.9 cm³/mol. The molecular formula is C11H18N2O. The van der Waals surface area contributed by atoms with Crippen LogP contribution in [-0.2, 0) is 4.79 Å². The van der Waals surface area contributed by atoms with Gasteiger partial charge >= 0.3 is 0 Å². The van der Waals surface area contributed by atoms with E-state index in [1.54, 1.807) is 0 Å². The molecule has 0 bridgehead atoms. The summed E-state index contributed by atoms with van der Waals surface area (Å²) in [4.78, 5) is 11.7. The zero-order valence-electron chi connectivity index (χ0n) is 8.89. The number of amides is 1. The smallest absolute Gasteiger partial charge is 0.247 e. The van der Waals surface area contributed by atoms with Crippen molar-refractivity contribution in [1.82, 2.24) is 10.6 Å². The molecule has 0 aromatic heterocycles. The number of carbonyl (C=O) groups excluding carboxylic acids is 1. The molecule has 1 aliphatic heterocycles. The monoisotopic (exact) mass is 194 g/mol. The van der Waals surface area contributed by atoms with Crippen LogP contribution in [-0.4, -0.2) is 25.0 Å². The highest BCUT2D eigenvalue weighted by Gasteiger charge is 2.27. The molecule has 0 aromatic rings. The van der Waals surface area contributed by atoms with Gasteiger partial charge in [-0.2, -0.15) is 0 Å². The Labute approximate surface area is 84.9 Å². The summed E-state index contributed by atoms with van der Waals surface area (Å²) in [5, 5.41) is 6.22. The van der Waals surface area contributed by atoms with E-state index in [4.69, 9.17) is 0 Å². The van der Waals surface area contributed by atoms with Crippen LogP contribution in [0.2, 0.25) is 0 Å². The average Bonchev–Trinajstić information content (AvgIpc) is 1.98. The Morgan fingerprint density at radius 2 is 2.07 bits per heavy atom. The van der Waals surface area contributed by atoms with E-state index in [0.29, 0.717) is 6.04 Å². The zero-order chi connectivity index (χ0) is 10.1. The minimum atomic E-state index is 0.137. The number of hydrogen-bond acceptors (Lipinski definition) is 2. The number of hydrogen-bond donors (Lipinski definition) is 2. The molecule has 1 heterocycles. The van der Waals surface area contributed by atoms with Crippen LogP contribution in [0.4, 0.5) is 0 Å². The summed E-state index contributed by atoms with van der Waals surface area (Å²) in [6.45, 7) is 5.93. The van der Waals surface area contributed by atoms with E-state index in [-0.39, 0.29) is 5.91 Å². The van der Waals surface area contributed by atoms with Gasteiger partial charge in [0.05, 0.1) is 0 Å². The molecule has 2 N–H and O–H groups in total. The summed E-state index contributed by atoms with van der Waals surface area (Å²) >= 11 is 0. The molecule has 0 atom stereocenters. The van der Waals surface area contributed by atoms with Crippen molar-refractivity contribution in [2.24, 2.45) is 5.92 Å². The van der Waals surface area contributed by atoms with Crippen LogP contribution >= 0.6 is 0 Å². The largest absolute Gasteiger partial charge is 0.350 e. The first-order valence-corrected chi connectivity index (χ1v) is 5.37. The van der Waals surface area contributed by atoms with Crippen molar-refractivity contribution in [3.8, 4) is 0 Å². The first-order valence-electron chi connectivity index (χ1n) is 5.37. The van der Waals surface area contributed by atoms with Crippen molar-refractivity contribution >= 4 is 5.91 Å². The molecule has 1 saturated heterocycles. The number of nitrogens with one attached hydrogen (secondary N) is 2. The Morgan fingerprint density at radius 1 is 1.43 bits per heavy atom. The van der Waals surface area contributed by atoms with E-state index < -0.39 is 0 Å². The first kappa shape index (κ1) is 9.71. The minimum absolute atomic E-state index is 0.137. The van der Waals surface area contributed by atoms with Crippen molar-refractivity contribution in [2.45, 2.75) is 32.7 Å². The van der Waals surface area contributed by atoms with Gasteiger partial charge in [0.25, 0.3) is 0 Å². The van der Waals surface area contributed by atoms with Gasteiger partial charge < -0.3 is 10.6 Å². The van der Waals surface area contributed by atoms with Crippen molar-refractivity contribution < 1.29 is 4.79 Å². The fourth-order valence-electron chi connectivity index (χ4n) is 1.99. The van der Waals surface area contributed by atoms with Crippen LogP contribution in [0.5, 0.6) is 0 Å². The lowest BCUT2D eigenvalue weighted by Gasteiger charge is -2.33. The maximum Gasteiger partial charge on any atom is 0.247 e. The maximum atomic E-state index is 11.7. The van der Waals surface area contributed by atoms with E-state index in [1.165, 1.54) is 5.57 Å². The fourth-order valence-corrected chi connectivity index (χ4v) is 1.99. The summed E-state index contributed by atoms with van der Waals surface area (Å²) in [7, 11) is 0. The molecule has 3 nitrogen and oxygen atoms in total. The Balaban J connectivity index is 1.83. The number of carbonyl (C=O) groups is 1. The van der Waals surface area contributed by atoms with Crippen LogP contribution in [0.25, 0.3) is 0 Å². The maximum absolute atomic E-state index is 11.7. The third-order valence-corrected chi connectivity index (χ3v) is 3.26. The molecular weight excluding hydrogens is 176 g/mol. The van der Waals surface area contributed by atoms with Gasteiger partial charge in [-0.25, -0.2) is 0 Å². The Kier molecular flexibility index (Phi) is 2.59. The molecule has 0 radical (unpaired) electrons. The van der Waals surface area contributed by atoms with Gasteiger partial charge in [-0.3, -0.25) is 4.79 Å². The second-order valence-corrected chi connectivity index (χ2v) is 4.58. The van der Waals surface area contributed by atoms with Gasteiger partial charge in [-0.15, -0.1) is 0 Å². The fraction of sp³-hybridized carbons (Fsp3) is 0.727. The van der Waals surface area contributed by atoms with E-state index in [2.05, 4.69) is 17.6 Å². The van der Waals surface area contributed by atoms with E-state index in [0.717, 1.165) is 37.4 Å². The van der Waals surface area contributed by atoms with Crippen LogP contribution < -0.4 is 10.6 Å². The van der Waals surface area contributed by atoms with Crippen molar-refractivity contribution in [2.75, 3.05) is 13.1 Å². The lowest BCUT2D eigenvalue weighted by molar-refractivity contribution is -0.119. The molecule has 0 spiro atoms. The quantitative estimate of drug-likeness (QED) is 0.639. The third-order valence-electron chi connectivity index (χ3n) is 3.26. The molecule has 3 heteroatoms. The summed E-state index contributed by atoms with van der Waals surface area (Å²) < 4.78 is 0. The molecule has 2 rings (SSSR count).